The summed E-state index contributed by atoms with van der Waals surface area (Å²) in [6.45, 7) is -5.00. The van der Waals surface area contributed by atoms with Crippen LogP contribution in [0.4, 0.5) is 9.59 Å². The lowest BCUT2D eigenvalue weighted by Gasteiger charge is -2.50. The molecular weight excluding hydrogens is 1770 g/mol. The third-order valence-corrected chi connectivity index (χ3v) is 25.1. The van der Waals surface area contributed by atoms with E-state index in [9.17, 15) is 136 Å². The summed E-state index contributed by atoms with van der Waals surface area (Å²) in [5.74, 6) is 0. The number of phosphoric acid groups is 2. The monoisotopic (exact) mass is 1910 g/mol. The van der Waals surface area contributed by atoms with Crippen LogP contribution >= 0.6 is 15.6 Å². The van der Waals surface area contributed by atoms with Crippen LogP contribution in [0.15, 0.2) is 0 Å². The second-order valence-electron chi connectivity index (χ2n) is 33.0. The van der Waals surface area contributed by atoms with E-state index in [0.29, 0.717) is 19.3 Å². The Bertz CT molecular complexity index is 3160. The smallest absolute Gasteiger partial charge is 0.434 e. The van der Waals surface area contributed by atoms with E-state index in [2.05, 4.69) is 18.4 Å². The van der Waals surface area contributed by atoms with E-state index in [4.69, 9.17) is 101 Å². The Labute approximate surface area is 740 Å². The van der Waals surface area contributed by atoms with Crippen LogP contribution < -0.4 is 11.5 Å². The molecule has 0 amide bonds. The van der Waals surface area contributed by atoms with Gasteiger partial charge in [0, 0.05) is 6.54 Å². The molecule has 7 aliphatic rings. The van der Waals surface area contributed by atoms with E-state index in [0.717, 1.165) is 70.6 Å². The lowest BCUT2D eigenvalue weighted by Crippen LogP contribution is -2.70. The Balaban J connectivity index is 1.08. The first-order valence-electron chi connectivity index (χ1n) is 44.2. The molecule has 1 saturated carbocycles. The minimum absolute atomic E-state index is 0.0442. The number of carbonyl (C=O) groups is 2. The van der Waals surface area contributed by atoms with Crippen molar-refractivity contribution in [2.75, 3.05) is 79.2 Å². The van der Waals surface area contributed by atoms with Crippen LogP contribution in [0.2, 0.25) is 0 Å². The number of carbonyl (C=O) groups excluding carboxylic acids is 2. The van der Waals surface area contributed by atoms with Gasteiger partial charge in [0.15, 0.2) is 43.8 Å². The van der Waals surface area contributed by atoms with Crippen LogP contribution in [-0.2, 0) is 103 Å². The zero-order valence-electron chi connectivity index (χ0n) is 72.0. The first-order chi connectivity index (χ1) is 61.0. The molecule has 6 aliphatic heterocycles. The lowest BCUT2D eigenvalue weighted by molar-refractivity contribution is -0.395. The standard InChI is InChI=1S/C77H142N2O47P2/c1-3-5-7-9-11-13-15-17-19-21-23-25-28-107-76(101)111-34-39(115-77(102)108-29-26-24-22-20-18-16-14-12-10-8-6-4-2)35-113-128(105,106)126-67-61(97)57(93)56(92)60(96)66(67)123-70-46(79)52(88)65(42(33-82)118-70)122-75-69(125-72-63(99)54(90)49(85)43(119-72)36-109-71-62(98)53(89)47(83)40(31-80)116-71)59(95)51(87)44(121-75)37-110-74-68(58(94)48(84)41(32-81)117-74)124-73-64(100)55(91)50(86)45(120-73)38-114-127(103,104)112-30-27-78/h39-75,80-100H,3-38,78-79H2,1-2H3,(H,103,104)(H,105,106)/t39-,40-,41-,42-,43-,44-,45-,46-,47+,48-,49+,50-,51-,52-,53+,54+,55+,56-,57-,58+,59+,60+,61-,62-,63-,64+,65-,66-,67-,68+,69+,70-,71+,72-,73-,74+,75-/m1/s1. The summed E-state index contributed by atoms with van der Waals surface area (Å²) < 4.78 is 138. The highest BCUT2D eigenvalue weighted by molar-refractivity contribution is 7.47. The van der Waals surface area contributed by atoms with Gasteiger partial charge in [0.2, 0.25) is 0 Å². The number of unbranched alkanes of at least 4 members (excludes halogenated alkanes) is 22. The highest BCUT2D eigenvalue weighted by Crippen LogP contribution is 2.49. The molecule has 1 aliphatic carbocycles. The van der Waals surface area contributed by atoms with Gasteiger partial charge in [-0.05, 0) is 12.8 Å². The maximum absolute atomic E-state index is 14.1. The van der Waals surface area contributed by atoms with Crippen LogP contribution in [0.5, 0.6) is 0 Å². The number of rotatable bonds is 57. The summed E-state index contributed by atoms with van der Waals surface area (Å²) in [7, 11) is -10.7. The highest BCUT2D eigenvalue weighted by atomic mass is 31.2. The second kappa shape index (κ2) is 56.9. The molecule has 2 unspecified atom stereocenters. The Hall–Kier alpha value is -2.64. The van der Waals surface area contributed by atoms with Crippen LogP contribution in [0.1, 0.15) is 168 Å². The number of aliphatic hydroxyl groups excluding tert-OH is 21. The van der Waals surface area contributed by atoms with Crippen molar-refractivity contribution >= 4 is 28.0 Å². The Kier molecular flexibility index (Phi) is 50.0. The highest BCUT2D eigenvalue weighted by Gasteiger charge is 2.60. The summed E-state index contributed by atoms with van der Waals surface area (Å²) in [6.07, 6.45) is -56.3. The van der Waals surface area contributed by atoms with Gasteiger partial charge in [0.05, 0.1) is 72.1 Å². The van der Waals surface area contributed by atoms with E-state index >= 15 is 0 Å². The predicted molar refractivity (Wildman–Crippen MR) is 428 cm³/mol. The molecule has 27 N–H and O–H groups in total. The molecule has 49 nitrogen and oxygen atoms in total. The fourth-order valence-electron chi connectivity index (χ4n) is 15.4. The average molecular weight is 1910 g/mol. The molecule has 7 rings (SSSR count). The van der Waals surface area contributed by atoms with Crippen molar-refractivity contribution in [1.82, 2.24) is 0 Å². The number of hydrogen-bond acceptors (Lipinski definition) is 47. The Morgan fingerprint density at radius 1 is 0.320 bits per heavy atom. The summed E-state index contributed by atoms with van der Waals surface area (Å²) in [5, 5.41) is 233. The third-order valence-electron chi connectivity index (χ3n) is 23.2. The van der Waals surface area contributed by atoms with E-state index in [1.54, 1.807) is 0 Å². The van der Waals surface area contributed by atoms with Crippen molar-refractivity contribution in [2.45, 2.75) is 395 Å². The topological polar surface area (TPSA) is 770 Å². The maximum atomic E-state index is 14.1. The number of aliphatic hydroxyl groups is 21. The number of nitrogens with two attached hydrogens (primary N) is 2. The van der Waals surface area contributed by atoms with Crippen molar-refractivity contribution in [3.05, 3.63) is 0 Å². The van der Waals surface area contributed by atoms with Crippen LogP contribution in [-0.4, -0.2) is 435 Å². The molecule has 0 spiro atoms. The van der Waals surface area contributed by atoms with E-state index in [1.165, 1.54) is 64.2 Å². The van der Waals surface area contributed by atoms with Crippen molar-refractivity contribution < 1.29 is 230 Å². The normalized spacial score (nSPS) is 39.0. The van der Waals surface area contributed by atoms with Gasteiger partial charge in [0.1, 0.15) is 184 Å². The number of phosphoric ester groups is 2. The molecule has 6 saturated heterocycles. The van der Waals surface area contributed by atoms with E-state index in [-0.39, 0.29) is 19.8 Å². The molecule has 6 heterocycles. The van der Waals surface area contributed by atoms with Crippen molar-refractivity contribution in [3.8, 4) is 0 Å². The average Bonchev–Trinajstić information content (AvgIpc) is 0.762. The Morgan fingerprint density at radius 3 is 1.15 bits per heavy atom. The summed E-state index contributed by atoms with van der Waals surface area (Å²) in [6, 6.07) is -2.11. The first kappa shape index (κ1) is 112. The fraction of sp³-hybridized carbons (Fsp3) is 0.974. The molecule has 39 atom stereocenters. The summed E-state index contributed by atoms with van der Waals surface area (Å²) in [4.78, 5) is 47.5. The van der Waals surface area contributed by atoms with Gasteiger partial charge in [-0.3, -0.25) is 18.1 Å². The molecule has 0 bridgehead atoms. The number of hydrogen-bond donors (Lipinski definition) is 25. The van der Waals surface area contributed by atoms with Crippen molar-refractivity contribution in [2.24, 2.45) is 11.5 Å². The Morgan fingerprint density at radius 2 is 0.672 bits per heavy atom. The molecule has 752 valence electrons. The van der Waals surface area contributed by atoms with Crippen molar-refractivity contribution in [3.63, 3.8) is 0 Å². The molecule has 0 aromatic rings. The van der Waals surface area contributed by atoms with Gasteiger partial charge < -0.3 is 204 Å². The minimum Gasteiger partial charge on any atom is -0.434 e. The van der Waals surface area contributed by atoms with Gasteiger partial charge in [-0.25, -0.2) is 18.7 Å². The van der Waals surface area contributed by atoms with Gasteiger partial charge in [-0.2, -0.15) is 0 Å². The lowest BCUT2D eigenvalue weighted by atomic mass is 9.84. The minimum atomic E-state index is -5.79. The zero-order chi connectivity index (χ0) is 94.1. The largest absolute Gasteiger partial charge is 0.508 e. The molecule has 0 aromatic carbocycles. The number of ether oxygens (including phenoxy) is 16. The van der Waals surface area contributed by atoms with Crippen LogP contribution in [0.3, 0.4) is 0 Å². The molecule has 51 heteroatoms. The van der Waals surface area contributed by atoms with Crippen LogP contribution in [0, 0.1) is 0 Å². The molecule has 0 aromatic heterocycles. The van der Waals surface area contributed by atoms with Crippen molar-refractivity contribution in [1.29, 1.82) is 0 Å². The van der Waals surface area contributed by atoms with Gasteiger partial charge in [-0.1, -0.05) is 155 Å². The van der Waals surface area contributed by atoms with Crippen LogP contribution in [0.25, 0.3) is 0 Å². The fourth-order valence-corrected chi connectivity index (χ4v) is 17.1. The summed E-state index contributed by atoms with van der Waals surface area (Å²) in [5.41, 5.74) is 11.9. The van der Waals surface area contributed by atoms with Gasteiger partial charge in [0.25, 0.3) is 0 Å². The van der Waals surface area contributed by atoms with Gasteiger partial charge in [-0.15, -0.1) is 0 Å². The first-order valence-corrected chi connectivity index (χ1v) is 47.2. The maximum Gasteiger partial charge on any atom is 0.508 e. The molecule has 128 heavy (non-hydrogen) atoms. The quantitative estimate of drug-likeness (QED) is 0.0153. The van der Waals surface area contributed by atoms with Gasteiger partial charge >= 0.3 is 28.0 Å². The third kappa shape index (κ3) is 33.6. The van der Waals surface area contributed by atoms with E-state index < -0.39 is 314 Å². The van der Waals surface area contributed by atoms with E-state index in [1.807, 2.05) is 0 Å². The second-order valence-corrected chi connectivity index (χ2v) is 35.9. The molecule has 7 fully saturated rings. The predicted octanol–water partition coefficient (Wildman–Crippen LogP) is -5.60. The zero-order valence-corrected chi connectivity index (χ0v) is 73.7. The molecule has 0 radical (unpaired) electrons. The summed E-state index contributed by atoms with van der Waals surface area (Å²) >= 11 is 0. The molecular formula is C77H142N2O47P2. The SMILES string of the molecule is CCCCCCCCCCCCCCOC(=O)OC[C@H](COP(=O)(O)O[C@@H]1[C@H](O)[C@H](O)[C@@H](O)[C@H](O)[C@H]1O[C@H]1O[C@H](CO)[C@@H](O[C@H]2O[C@H](CO[C@H]3O[C@H](CO)[C@@H](O)[C@H](O)[C@@H]3O[C@H]3O[C@H](COP(=O)(O)OCCN)[C@@H](O)[C@H](O)[C@@H]3O)[C@@H](O)[C@H](O)[C@@H]2O[C@H]2O[C@H](CO[C@H]3O[C@H](CO)[C@H](O)[C@H](O)[C@H]3O)[C@H](O)[C@H](O)[C@H]2O)[C@H](O)[C@H]1N)OC(=O)OCCCCCCCCCCCCCC.